The molecule has 0 amide bonds. The molecule has 0 aromatic carbocycles. The van der Waals surface area contributed by atoms with Crippen LogP contribution in [-0.4, -0.2) is 23.8 Å². The molecule has 0 saturated carbocycles. The molecule has 0 radical (unpaired) electrons. The summed E-state index contributed by atoms with van der Waals surface area (Å²) in [4.78, 5) is 10.7. The van der Waals surface area contributed by atoms with Crippen molar-refractivity contribution in [1.82, 2.24) is 0 Å². The predicted octanol–water partition coefficient (Wildman–Crippen LogP) is 1.59. The zero-order chi connectivity index (χ0) is 9.14. The summed E-state index contributed by atoms with van der Waals surface area (Å²) in [6, 6.07) is 0. The average Bonchev–Trinajstić information content (AvgIpc) is 2.37. The summed E-state index contributed by atoms with van der Waals surface area (Å²) >= 11 is 0. The smallest absolute Gasteiger partial charge is 0.331 e. The first-order valence-electron chi connectivity index (χ1n) is 4.21. The van der Waals surface area contributed by atoms with Gasteiger partial charge in [-0.2, -0.15) is 0 Å². The molecule has 0 aromatic rings. The van der Waals surface area contributed by atoms with Gasteiger partial charge in [0.05, 0.1) is 12.7 Å². The summed E-state index contributed by atoms with van der Waals surface area (Å²) < 4.78 is 5.28. The molecule has 1 aliphatic rings. The van der Waals surface area contributed by atoms with E-state index < -0.39 is 5.97 Å². The van der Waals surface area contributed by atoms with Crippen LogP contribution in [0.15, 0.2) is 11.1 Å². The van der Waals surface area contributed by atoms with Gasteiger partial charge in [-0.25, -0.2) is 4.79 Å². The highest BCUT2D eigenvalue weighted by Gasteiger charge is 2.21. The van der Waals surface area contributed by atoms with Crippen LogP contribution in [0.3, 0.4) is 0 Å². The van der Waals surface area contributed by atoms with E-state index in [2.05, 4.69) is 0 Å². The van der Waals surface area contributed by atoms with Crippen molar-refractivity contribution in [3.63, 3.8) is 0 Å². The topological polar surface area (TPSA) is 46.5 Å². The molecule has 3 heteroatoms. The highest BCUT2D eigenvalue weighted by molar-refractivity contribution is 5.87. The number of carboxylic acid groups (broad SMARTS) is 1. The van der Waals surface area contributed by atoms with Crippen molar-refractivity contribution >= 4 is 5.97 Å². The Hall–Kier alpha value is -0.830. The highest BCUT2D eigenvalue weighted by atomic mass is 16.5. The summed E-state index contributed by atoms with van der Waals surface area (Å²) in [7, 11) is 0. The molecule has 1 rings (SSSR count). The van der Waals surface area contributed by atoms with E-state index in [1.807, 2.05) is 13.8 Å². The Labute approximate surface area is 72.0 Å². The summed E-state index contributed by atoms with van der Waals surface area (Å²) in [5.41, 5.74) is 1.48. The second-order valence-electron chi connectivity index (χ2n) is 3.07. The van der Waals surface area contributed by atoms with Crippen LogP contribution in [0.2, 0.25) is 0 Å². The maximum atomic E-state index is 10.7. The SMILES string of the molecule is CC/C(C(=O)O)=C1/COC(C)C1. The number of aliphatic carboxylic acids is 1. The number of hydrogen-bond donors (Lipinski definition) is 1. The van der Waals surface area contributed by atoms with E-state index in [4.69, 9.17) is 9.84 Å². The number of rotatable bonds is 2. The van der Waals surface area contributed by atoms with Gasteiger partial charge in [-0.1, -0.05) is 6.92 Å². The van der Waals surface area contributed by atoms with Crippen LogP contribution < -0.4 is 0 Å². The van der Waals surface area contributed by atoms with Crippen LogP contribution in [-0.2, 0) is 9.53 Å². The fraction of sp³-hybridized carbons (Fsp3) is 0.667. The van der Waals surface area contributed by atoms with Gasteiger partial charge in [-0.05, 0) is 25.3 Å². The lowest BCUT2D eigenvalue weighted by Crippen LogP contribution is -2.04. The largest absolute Gasteiger partial charge is 0.478 e. The monoisotopic (exact) mass is 170 g/mol. The molecular weight excluding hydrogens is 156 g/mol. The van der Waals surface area contributed by atoms with Crippen LogP contribution >= 0.6 is 0 Å². The molecule has 0 aliphatic carbocycles. The summed E-state index contributed by atoms with van der Waals surface area (Å²) in [5, 5.41) is 8.81. The Morgan fingerprint density at radius 1 is 1.75 bits per heavy atom. The second kappa shape index (κ2) is 3.72. The molecule has 1 N–H and O–H groups in total. The van der Waals surface area contributed by atoms with Crippen LogP contribution in [0.4, 0.5) is 0 Å². The molecule has 1 unspecified atom stereocenters. The van der Waals surface area contributed by atoms with Gasteiger partial charge in [0, 0.05) is 5.57 Å². The van der Waals surface area contributed by atoms with Gasteiger partial charge < -0.3 is 9.84 Å². The van der Waals surface area contributed by atoms with Gasteiger partial charge in [0.15, 0.2) is 0 Å². The highest BCUT2D eigenvalue weighted by Crippen LogP contribution is 2.23. The van der Waals surface area contributed by atoms with Crippen LogP contribution in [0.5, 0.6) is 0 Å². The molecule has 1 atom stereocenters. The molecule has 1 fully saturated rings. The van der Waals surface area contributed by atoms with E-state index in [0.29, 0.717) is 18.6 Å². The van der Waals surface area contributed by atoms with E-state index in [1.54, 1.807) is 0 Å². The zero-order valence-electron chi connectivity index (χ0n) is 7.46. The van der Waals surface area contributed by atoms with Crippen molar-refractivity contribution in [1.29, 1.82) is 0 Å². The molecule has 0 bridgehead atoms. The predicted molar refractivity (Wildman–Crippen MR) is 45.0 cm³/mol. The maximum absolute atomic E-state index is 10.7. The van der Waals surface area contributed by atoms with Gasteiger partial charge in [0.25, 0.3) is 0 Å². The van der Waals surface area contributed by atoms with Gasteiger partial charge in [-0.15, -0.1) is 0 Å². The Morgan fingerprint density at radius 3 is 2.75 bits per heavy atom. The van der Waals surface area contributed by atoms with E-state index in [-0.39, 0.29) is 6.10 Å². The second-order valence-corrected chi connectivity index (χ2v) is 3.07. The van der Waals surface area contributed by atoms with Crippen molar-refractivity contribution in [2.75, 3.05) is 6.61 Å². The maximum Gasteiger partial charge on any atom is 0.331 e. The quantitative estimate of drug-likeness (QED) is 0.640. The molecule has 1 heterocycles. The van der Waals surface area contributed by atoms with E-state index >= 15 is 0 Å². The van der Waals surface area contributed by atoms with Crippen molar-refractivity contribution in [2.45, 2.75) is 32.8 Å². The Balaban J connectivity index is 2.79. The van der Waals surface area contributed by atoms with Crippen molar-refractivity contribution in [3.8, 4) is 0 Å². The summed E-state index contributed by atoms with van der Waals surface area (Å²) in [5.74, 6) is -0.801. The molecular formula is C9H14O3. The lowest BCUT2D eigenvalue weighted by molar-refractivity contribution is -0.132. The third-order valence-corrected chi connectivity index (χ3v) is 2.11. The molecule has 0 spiro atoms. The minimum atomic E-state index is -0.801. The Morgan fingerprint density at radius 2 is 2.42 bits per heavy atom. The van der Waals surface area contributed by atoms with E-state index in [1.165, 1.54) is 0 Å². The molecule has 1 saturated heterocycles. The number of carboxylic acids is 1. The number of ether oxygens (including phenoxy) is 1. The lowest BCUT2D eigenvalue weighted by Gasteiger charge is -2.01. The van der Waals surface area contributed by atoms with Crippen LogP contribution in [0.1, 0.15) is 26.7 Å². The standard InChI is InChI=1S/C9H14O3/c1-3-8(9(10)11)7-4-6(2)12-5-7/h6H,3-5H2,1-2H3,(H,10,11)/b8-7-. The third-order valence-electron chi connectivity index (χ3n) is 2.11. The van der Waals surface area contributed by atoms with Gasteiger partial charge in [-0.3, -0.25) is 0 Å². The van der Waals surface area contributed by atoms with Crippen molar-refractivity contribution < 1.29 is 14.6 Å². The Kier molecular flexibility index (Phi) is 2.87. The fourth-order valence-corrected chi connectivity index (χ4v) is 1.47. The molecule has 3 nitrogen and oxygen atoms in total. The normalized spacial score (nSPS) is 27.3. The first kappa shape index (κ1) is 9.26. The Bertz CT molecular complexity index is 218. The molecule has 1 aliphatic heterocycles. The van der Waals surface area contributed by atoms with E-state index in [9.17, 15) is 4.79 Å². The van der Waals surface area contributed by atoms with Gasteiger partial charge in [0.2, 0.25) is 0 Å². The molecule has 68 valence electrons. The van der Waals surface area contributed by atoms with Gasteiger partial charge >= 0.3 is 5.97 Å². The third kappa shape index (κ3) is 1.85. The number of hydrogen-bond acceptors (Lipinski definition) is 2. The van der Waals surface area contributed by atoms with Crippen LogP contribution in [0.25, 0.3) is 0 Å². The van der Waals surface area contributed by atoms with E-state index in [0.717, 1.165) is 12.0 Å². The minimum absolute atomic E-state index is 0.181. The van der Waals surface area contributed by atoms with Crippen LogP contribution in [0, 0.1) is 0 Å². The average molecular weight is 170 g/mol. The molecule has 12 heavy (non-hydrogen) atoms. The van der Waals surface area contributed by atoms with Crippen molar-refractivity contribution in [3.05, 3.63) is 11.1 Å². The zero-order valence-corrected chi connectivity index (χ0v) is 7.46. The fourth-order valence-electron chi connectivity index (χ4n) is 1.47. The first-order chi connectivity index (χ1) is 5.65. The molecule has 0 aromatic heterocycles. The lowest BCUT2D eigenvalue weighted by atomic mass is 10.0. The summed E-state index contributed by atoms with van der Waals surface area (Å²) in [6.45, 7) is 4.32. The first-order valence-corrected chi connectivity index (χ1v) is 4.21. The van der Waals surface area contributed by atoms with Crippen molar-refractivity contribution in [2.24, 2.45) is 0 Å². The van der Waals surface area contributed by atoms with Gasteiger partial charge in [0.1, 0.15) is 0 Å². The number of carbonyl (C=O) groups is 1. The summed E-state index contributed by atoms with van der Waals surface area (Å²) in [6.07, 6.45) is 1.54. The minimum Gasteiger partial charge on any atom is -0.478 e.